The number of thioether (sulfide) groups is 1. The Bertz CT molecular complexity index is 773. The molecule has 1 aromatic heterocycles. The molecule has 0 aliphatic heterocycles. The fourth-order valence-corrected chi connectivity index (χ4v) is 3.52. The summed E-state index contributed by atoms with van der Waals surface area (Å²) in [5, 5.41) is 4.15. The van der Waals surface area contributed by atoms with Crippen molar-refractivity contribution in [2.24, 2.45) is 0 Å². The molecule has 1 heterocycles. The second-order valence-corrected chi connectivity index (χ2v) is 6.47. The van der Waals surface area contributed by atoms with Gasteiger partial charge in [0.15, 0.2) is 0 Å². The van der Waals surface area contributed by atoms with Crippen molar-refractivity contribution in [2.75, 3.05) is 7.11 Å². The van der Waals surface area contributed by atoms with Crippen molar-refractivity contribution in [1.82, 2.24) is 5.16 Å². The van der Waals surface area contributed by atoms with Crippen LogP contribution in [0.1, 0.15) is 5.76 Å². The molecule has 0 saturated carbocycles. The SMILES string of the molecule is COc1ccccc1-c1cc(CSc2ccccc2Br)on1. The standard InChI is InChI=1S/C17H14BrNO2S/c1-20-16-8-4-2-6-13(16)15-10-12(21-19-15)11-22-17-9-5-3-7-14(17)18/h2-10H,11H2,1H3. The van der Waals surface area contributed by atoms with Gasteiger partial charge in [-0.05, 0) is 40.2 Å². The highest BCUT2D eigenvalue weighted by molar-refractivity contribution is 9.10. The van der Waals surface area contributed by atoms with Gasteiger partial charge in [0.25, 0.3) is 0 Å². The van der Waals surface area contributed by atoms with Crippen LogP contribution in [0.4, 0.5) is 0 Å². The van der Waals surface area contributed by atoms with E-state index in [1.54, 1.807) is 18.9 Å². The van der Waals surface area contributed by atoms with Crippen molar-refractivity contribution in [3.05, 3.63) is 64.8 Å². The number of hydrogen-bond acceptors (Lipinski definition) is 4. The molecule has 0 bridgehead atoms. The van der Waals surface area contributed by atoms with Gasteiger partial charge < -0.3 is 9.26 Å². The zero-order chi connectivity index (χ0) is 15.4. The second kappa shape index (κ2) is 7.03. The van der Waals surface area contributed by atoms with E-state index >= 15 is 0 Å². The minimum atomic E-state index is 0.727. The predicted octanol–water partition coefficient (Wildman–Crippen LogP) is 5.41. The molecule has 112 valence electrons. The summed E-state index contributed by atoms with van der Waals surface area (Å²) in [5.74, 6) is 2.35. The third-order valence-electron chi connectivity index (χ3n) is 3.15. The van der Waals surface area contributed by atoms with E-state index in [-0.39, 0.29) is 0 Å². The smallest absolute Gasteiger partial charge is 0.147 e. The summed E-state index contributed by atoms with van der Waals surface area (Å²) < 4.78 is 11.9. The van der Waals surface area contributed by atoms with Crippen molar-refractivity contribution in [1.29, 1.82) is 0 Å². The minimum Gasteiger partial charge on any atom is -0.496 e. The minimum absolute atomic E-state index is 0.727. The van der Waals surface area contributed by atoms with Gasteiger partial charge >= 0.3 is 0 Å². The molecule has 0 fully saturated rings. The van der Waals surface area contributed by atoms with E-state index in [4.69, 9.17) is 9.26 Å². The van der Waals surface area contributed by atoms with Crippen LogP contribution in [0.15, 0.2) is 68.5 Å². The molecule has 0 radical (unpaired) electrons. The normalized spacial score (nSPS) is 10.6. The average molecular weight is 376 g/mol. The van der Waals surface area contributed by atoms with E-state index in [0.717, 1.165) is 33.0 Å². The lowest BCUT2D eigenvalue weighted by Gasteiger charge is -2.03. The van der Waals surface area contributed by atoms with Crippen LogP contribution >= 0.6 is 27.7 Å². The van der Waals surface area contributed by atoms with Gasteiger partial charge in [-0.25, -0.2) is 0 Å². The predicted molar refractivity (Wildman–Crippen MR) is 92.2 cm³/mol. The summed E-state index contributed by atoms with van der Waals surface area (Å²) in [6.45, 7) is 0. The van der Waals surface area contributed by atoms with Gasteiger partial charge in [-0.3, -0.25) is 0 Å². The number of para-hydroxylation sites is 1. The molecule has 2 aromatic carbocycles. The number of hydrogen-bond donors (Lipinski definition) is 0. The maximum Gasteiger partial charge on any atom is 0.147 e. The lowest BCUT2D eigenvalue weighted by atomic mass is 10.1. The fourth-order valence-electron chi connectivity index (χ4n) is 2.07. The Morgan fingerprint density at radius 3 is 2.73 bits per heavy atom. The number of rotatable bonds is 5. The van der Waals surface area contributed by atoms with Gasteiger partial charge in [-0.15, -0.1) is 11.8 Å². The Morgan fingerprint density at radius 1 is 1.14 bits per heavy atom. The van der Waals surface area contributed by atoms with Crippen molar-refractivity contribution in [3.8, 4) is 17.0 Å². The number of benzene rings is 2. The molecule has 0 spiro atoms. The van der Waals surface area contributed by atoms with Crippen molar-refractivity contribution in [2.45, 2.75) is 10.6 Å². The van der Waals surface area contributed by atoms with Crippen LogP contribution in [0.25, 0.3) is 11.3 Å². The molecule has 0 atom stereocenters. The molecule has 0 unspecified atom stereocenters. The van der Waals surface area contributed by atoms with Crippen molar-refractivity contribution < 1.29 is 9.26 Å². The van der Waals surface area contributed by atoms with Crippen LogP contribution in [-0.2, 0) is 5.75 Å². The first-order valence-corrected chi connectivity index (χ1v) is 8.52. The Morgan fingerprint density at radius 2 is 1.91 bits per heavy atom. The molecule has 3 nitrogen and oxygen atoms in total. The molecule has 0 N–H and O–H groups in total. The van der Waals surface area contributed by atoms with E-state index in [1.807, 2.05) is 48.5 Å². The maximum absolute atomic E-state index is 5.44. The van der Waals surface area contributed by atoms with E-state index in [1.165, 1.54) is 4.90 Å². The van der Waals surface area contributed by atoms with Gasteiger partial charge in [0.05, 0.1) is 12.9 Å². The highest BCUT2D eigenvalue weighted by Gasteiger charge is 2.11. The van der Waals surface area contributed by atoms with Gasteiger partial charge in [0.1, 0.15) is 17.2 Å². The first-order valence-electron chi connectivity index (χ1n) is 6.74. The third-order valence-corrected chi connectivity index (χ3v) is 5.20. The van der Waals surface area contributed by atoms with Crippen LogP contribution in [-0.4, -0.2) is 12.3 Å². The number of methoxy groups -OCH3 is 1. The average Bonchev–Trinajstić information content (AvgIpc) is 3.03. The summed E-state index contributed by atoms with van der Waals surface area (Å²) in [6.07, 6.45) is 0. The van der Waals surface area contributed by atoms with Gasteiger partial charge in [0, 0.05) is 21.0 Å². The monoisotopic (exact) mass is 375 g/mol. The van der Waals surface area contributed by atoms with Gasteiger partial charge in [-0.2, -0.15) is 0 Å². The van der Waals surface area contributed by atoms with Crippen LogP contribution in [0.5, 0.6) is 5.75 Å². The number of nitrogens with zero attached hydrogens (tertiary/aromatic N) is 1. The number of halogens is 1. The molecular formula is C17H14BrNO2S. The number of aromatic nitrogens is 1. The van der Waals surface area contributed by atoms with E-state index < -0.39 is 0 Å². The quantitative estimate of drug-likeness (QED) is 0.558. The molecule has 3 rings (SSSR count). The fraction of sp³-hybridized carbons (Fsp3) is 0.118. The van der Waals surface area contributed by atoms with Crippen molar-refractivity contribution >= 4 is 27.7 Å². The largest absolute Gasteiger partial charge is 0.496 e. The Hall–Kier alpha value is -1.72. The molecule has 5 heteroatoms. The topological polar surface area (TPSA) is 35.3 Å². The molecule has 0 aliphatic carbocycles. The Kier molecular flexibility index (Phi) is 4.85. The summed E-state index contributed by atoms with van der Waals surface area (Å²) in [4.78, 5) is 1.18. The molecule has 22 heavy (non-hydrogen) atoms. The van der Waals surface area contributed by atoms with Gasteiger partial charge in [-0.1, -0.05) is 29.4 Å². The van der Waals surface area contributed by atoms with Crippen molar-refractivity contribution in [3.63, 3.8) is 0 Å². The maximum atomic E-state index is 5.44. The summed E-state index contributed by atoms with van der Waals surface area (Å²) in [5.41, 5.74) is 1.73. The summed E-state index contributed by atoms with van der Waals surface area (Å²) >= 11 is 5.25. The number of ether oxygens (including phenoxy) is 1. The Labute approximate surface area is 141 Å². The highest BCUT2D eigenvalue weighted by Crippen LogP contribution is 2.32. The molecule has 0 aliphatic rings. The summed E-state index contributed by atoms with van der Waals surface area (Å²) in [7, 11) is 1.66. The lowest BCUT2D eigenvalue weighted by Crippen LogP contribution is -1.86. The van der Waals surface area contributed by atoms with E-state index in [0.29, 0.717) is 0 Å². The first-order chi connectivity index (χ1) is 10.8. The van der Waals surface area contributed by atoms with Gasteiger partial charge in [0.2, 0.25) is 0 Å². The summed E-state index contributed by atoms with van der Waals surface area (Å²) in [6, 6.07) is 17.9. The van der Waals surface area contributed by atoms with Crippen LogP contribution in [0.2, 0.25) is 0 Å². The highest BCUT2D eigenvalue weighted by atomic mass is 79.9. The molecular weight excluding hydrogens is 362 g/mol. The van der Waals surface area contributed by atoms with Crippen LogP contribution in [0.3, 0.4) is 0 Å². The lowest BCUT2D eigenvalue weighted by molar-refractivity contribution is 0.395. The van der Waals surface area contributed by atoms with Crippen LogP contribution in [0, 0.1) is 0 Å². The second-order valence-electron chi connectivity index (χ2n) is 4.60. The molecule has 0 amide bonds. The zero-order valence-corrected chi connectivity index (χ0v) is 14.4. The van der Waals surface area contributed by atoms with E-state index in [2.05, 4.69) is 27.2 Å². The van der Waals surface area contributed by atoms with E-state index in [9.17, 15) is 0 Å². The zero-order valence-electron chi connectivity index (χ0n) is 12.0. The Balaban J connectivity index is 1.75. The third kappa shape index (κ3) is 3.36. The first kappa shape index (κ1) is 15.2. The molecule has 0 saturated heterocycles. The van der Waals surface area contributed by atoms with Crippen LogP contribution < -0.4 is 4.74 Å². The molecule has 3 aromatic rings.